The molecule has 138 valence electrons. The van der Waals surface area contributed by atoms with Gasteiger partial charge in [0, 0.05) is 23.3 Å². The molecule has 0 bridgehead atoms. The van der Waals surface area contributed by atoms with Crippen LogP contribution in [0.2, 0.25) is 0 Å². The normalized spacial score (nSPS) is 10.8. The number of carbonyl (C=O) groups excluding carboxylic acids is 3. The van der Waals surface area contributed by atoms with Gasteiger partial charge in [-0.2, -0.15) is 5.10 Å². The average molecular weight is 369 g/mol. The van der Waals surface area contributed by atoms with E-state index in [9.17, 15) is 24.5 Å². The number of esters is 1. The Hall–Kier alpha value is -3.88. The Morgan fingerprint density at radius 1 is 1.04 bits per heavy atom. The van der Waals surface area contributed by atoms with Gasteiger partial charge in [-0.15, -0.1) is 0 Å². The predicted molar refractivity (Wildman–Crippen MR) is 95.4 cm³/mol. The van der Waals surface area contributed by atoms with Crippen molar-refractivity contribution in [3.8, 4) is 0 Å². The molecular formula is C18H15N3O6. The minimum absolute atomic E-state index is 0.1000. The molecule has 0 aromatic heterocycles. The molecule has 9 nitrogen and oxygen atoms in total. The Bertz CT molecular complexity index is 891. The lowest BCUT2D eigenvalue weighted by molar-refractivity contribution is -0.384. The summed E-state index contributed by atoms with van der Waals surface area (Å²) in [7, 11) is 1.13. The first kappa shape index (κ1) is 19.4. The van der Waals surface area contributed by atoms with Crippen molar-refractivity contribution in [2.45, 2.75) is 6.42 Å². The summed E-state index contributed by atoms with van der Waals surface area (Å²) in [4.78, 5) is 46.1. The Balaban J connectivity index is 2.12. The van der Waals surface area contributed by atoms with Crippen LogP contribution in [0.1, 0.15) is 27.1 Å². The first-order valence-corrected chi connectivity index (χ1v) is 7.70. The number of benzene rings is 2. The number of ether oxygens (including phenoxy) is 1. The Kier molecular flexibility index (Phi) is 6.48. The van der Waals surface area contributed by atoms with E-state index in [0.29, 0.717) is 5.56 Å². The number of methoxy groups -OCH3 is 1. The molecule has 0 atom stereocenters. The number of hydrazone groups is 1. The molecule has 0 saturated carbocycles. The van der Waals surface area contributed by atoms with Crippen LogP contribution in [-0.2, 0) is 9.53 Å². The SMILES string of the molecule is COC(=O)C(CC(=O)c1ccccc1)=NNC(=O)c1ccc([N+](=O)[O-])cc1. The minimum atomic E-state index is -0.858. The molecule has 0 aliphatic rings. The van der Waals surface area contributed by atoms with Crippen molar-refractivity contribution < 1.29 is 24.0 Å². The van der Waals surface area contributed by atoms with Crippen molar-refractivity contribution in [2.24, 2.45) is 5.10 Å². The zero-order chi connectivity index (χ0) is 19.8. The van der Waals surface area contributed by atoms with E-state index in [1.165, 1.54) is 24.3 Å². The molecule has 2 rings (SSSR count). The van der Waals surface area contributed by atoms with E-state index in [0.717, 1.165) is 7.11 Å². The summed E-state index contributed by atoms with van der Waals surface area (Å²) in [6.07, 6.45) is -0.364. The topological polar surface area (TPSA) is 128 Å². The summed E-state index contributed by atoms with van der Waals surface area (Å²) >= 11 is 0. The minimum Gasteiger partial charge on any atom is -0.464 e. The van der Waals surface area contributed by atoms with Gasteiger partial charge < -0.3 is 4.74 Å². The first-order valence-electron chi connectivity index (χ1n) is 7.70. The van der Waals surface area contributed by atoms with Gasteiger partial charge in [0.2, 0.25) is 0 Å². The molecule has 0 aliphatic carbocycles. The molecule has 0 unspecified atom stereocenters. The average Bonchev–Trinajstić information content (AvgIpc) is 2.70. The van der Waals surface area contributed by atoms with Gasteiger partial charge in [0.15, 0.2) is 11.5 Å². The number of hydrogen-bond donors (Lipinski definition) is 1. The first-order chi connectivity index (χ1) is 12.9. The second-order valence-electron chi connectivity index (χ2n) is 5.26. The van der Waals surface area contributed by atoms with Gasteiger partial charge in [-0.1, -0.05) is 30.3 Å². The van der Waals surface area contributed by atoms with Crippen LogP contribution < -0.4 is 5.43 Å². The van der Waals surface area contributed by atoms with Gasteiger partial charge >= 0.3 is 5.97 Å². The molecule has 27 heavy (non-hydrogen) atoms. The predicted octanol–water partition coefficient (Wildman–Crippen LogP) is 2.13. The molecule has 2 aromatic rings. The number of carbonyl (C=O) groups is 3. The van der Waals surface area contributed by atoms with Gasteiger partial charge in [-0.3, -0.25) is 19.7 Å². The van der Waals surface area contributed by atoms with Crippen molar-refractivity contribution in [3.05, 3.63) is 75.8 Å². The van der Waals surface area contributed by atoms with E-state index < -0.39 is 16.8 Å². The highest BCUT2D eigenvalue weighted by molar-refractivity contribution is 6.40. The fraction of sp³-hybridized carbons (Fsp3) is 0.111. The summed E-state index contributed by atoms with van der Waals surface area (Å²) in [6, 6.07) is 13.1. The van der Waals surface area contributed by atoms with Gasteiger partial charge in [-0.05, 0) is 12.1 Å². The summed E-state index contributed by atoms with van der Waals surface area (Å²) in [5.41, 5.74) is 2.19. The lowest BCUT2D eigenvalue weighted by Crippen LogP contribution is -2.26. The fourth-order valence-corrected chi connectivity index (χ4v) is 2.07. The summed E-state index contributed by atoms with van der Waals surface area (Å²) in [5.74, 6) is -1.92. The fourth-order valence-electron chi connectivity index (χ4n) is 2.07. The van der Waals surface area contributed by atoms with Crippen LogP contribution in [0.15, 0.2) is 59.7 Å². The second-order valence-corrected chi connectivity index (χ2v) is 5.26. The number of rotatable bonds is 7. The maximum Gasteiger partial charge on any atom is 0.354 e. The van der Waals surface area contributed by atoms with Gasteiger partial charge in [0.25, 0.3) is 11.6 Å². The third-order valence-corrected chi connectivity index (χ3v) is 3.48. The third kappa shape index (κ3) is 5.30. The van der Waals surface area contributed by atoms with Crippen molar-refractivity contribution in [3.63, 3.8) is 0 Å². The van der Waals surface area contributed by atoms with E-state index in [1.807, 2.05) is 0 Å². The van der Waals surface area contributed by atoms with Gasteiger partial charge in [0.1, 0.15) is 0 Å². The molecule has 0 heterocycles. The quantitative estimate of drug-likeness (QED) is 0.262. The van der Waals surface area contributed by atoms with Crippen LogP contribution in [0, 0.1) is 10.1 Å². The van der Waals surface area contributed by atoms with Crippen LogP contribution >= 0.6 is 0 Å². The second kappa shape index (κ2) is 8.99. The van der Waals surface area contributed by atoms with Crippen LogP contribution in [0.4, 0.5) is 5.69 Å². The standard InChI is InChI=1S/C18H15N3O6/c1-27-18(24)15(11-16(22)12-5-3-2-4-6-12)19-20-17(23)13-7-9-14(10-8-13)21(25)26/h2-10H,11H2,1H3,(H,20,23). The number of ketones is 1. The van der Waals surface area contributed by atoms with E-state index in [-0.39, 0.29) is 29.2 Å². The lowest BCUT2D eigenvalue weighted by Gasteiger charge is -2.05. The Labute approximate surface area is 153 Å². The zero-order valence-electron chi connectivity index (χ0n) is 14.2. The van der Waals surface area contributed by atoms with Crippen LogP contribution in [0.5, 0.6) is 0 Å². The lowest BCUT2D eigenvalue weighted by atomic mass is 10.1. The number of nitrogens with one attached hydrogen (secondary N) is 1. The maximum atomic E-state index is 12.2. The van der Waals surface area contributed by atoms with Crippen molar-refractivity contribution in [1.82, 2.24) is 5.43 Å². The van der Waals surface area contributed by atoms with Crippen LogP contribution in [0.25, 0.3) is 0 Å². The molecule has 9 heteroatoms. The summed E-state index contributed by atoms with van der Waals surface area (Å²) < 4.78 is 4.58. The number of Topliss-reactive ketones (excluding diaryl/α,β-unsaturated/α-hetero) is 1. The van der Waals surface area contributed by atoms with Crippen molar-refractivity contribution >= 4 is 29.1 Å². The van der Waals surface area contributed by atoms with Gasteiger partial charge in [0.05, 0.1) is 18.5 Å². The molecular weight excluding hydrogens is 354 g/mol. The van der Waals surface area contributed by atoms with Crippen molar-refractivity contribution in [2.75, 3.05) is 7.11 Å². The molecule has 1 amide bonds. The largest absolute Gasteiger partial charge is 0.464 e. The smallest absolute Gasteiger partial charge is 0.354 e. The van der Waals surface area contributed by atoms with E-state index in [1.54, 1.807) is 30.3 Å². The van der Waals surface area contributed by atoms with E-state index in [4.69, 9.17) is 0 Å². The highest BCUT2D eigenvalue weighted by Crippen LogP contribution is 2.12. The van der Waals surface area contributed by atoms with Crippen molar-refractivity contribution in [1.29, 1.82) is 0 Å². The monoisotopic (exact) mass is 369 g/mol. The van der Waals surface area contributed by atoms with Crippen LogP contribution in [0.3, 0.4) is 0 Å². The summed E-state index contributed by atoms with van der Waals surface area (Å²) in [5, 5.41) is 14.3. The molecule has 0 radical (unpaired) electrons. The number of nitrogens with zero attached hydrogens (tertiary/aromatic N) is 2. The molecule has 0 aliphatic heterocycles. The van der Waals surface area contributed by atoms with Crippen LogP contribution in [-0.4, -0.2) is 35.4 Å². The zero-order valence-corrected chi connectivity index (χ0v) is 14.2. The Morgan fingerprint density at radius 3 is 2.22 bits per heavy atom. The van der Waals surface area contributed by atoms with E-state index >= 15 is 0 Å². The molecule has 0 fully saturated rings. The molecule has 1 N–H and O–H groups in total. The number of non-ortho nitro benzene ring substituents is 1. The maximum absolute atomic E-state index is 12.2. The summed E-state index contributed by atoms with van der Waals surface area (Å²) in [6.45, 7) is 0. The third-order valence-electron chi connectivity index (χ3n) is 3.48. The molecule has 2 aromatic carbocycles. The number of hydrogen-bond acceptors (Lipinski definition) is 7. The highest BCUT2D eigenvalue weighted by Gasteiger charge is 2.19. The Morgan fingerprint density at radius 2 is 1.67 bits per heavy atom. The number of nitro benzene ring substituents is 1. The molecule has 0 spiro atoms. The van der Waals surface area contributed by atoms with Gasteiger partial charge in [-0.25, -0.2) is 10.2 Å². The number of nitro groups is 1. The highest BCUT2D eigenvalue weighted by atomic mass is 16.6. The number of amides is 1. The molecule has 0 saturated heterocycles. The van der Waals surface area contributed by atoms with E-state index in [2.05, 4.69) is 15.3 Å².